The number of aromatic nitrogens is 1. The second-order valence-corrected chi connectivity index (χ2v) is 8.61. The molecule has 0 unspecified atom stereocenters. The zero-order valence-corrected chi connectivity index (χ0v) is 20.4. The average Bonchev–Trinajstić information content (AvgIpc) is 2.75. The molecule has 0 atom stereocenters. The molecule has 2 aromatic rings. The van der Waals surface area contributed by atoms with Gasteiger partial charge < -0.3 is 11.5 Å². The number of anilines is 2. The SMILES string of the molecule is CC1=CCCC(C)=CCC(C)(C)C=CC1.Cl.Nc1ccc(N=Nc2ccccc2)c(N)n1. The molecular weight excluding hydrogens is 418 g/mol. The molecule has 172 valence electrons. The van der Waals surface area contributed by atoms with E-state index >= 15 is 0 Å². The number of halogens is 1. The minimum atomic E-state index is 0. The van der Waals surface area contributed by atoms with Gasteiger partial charge in [-0.25, -0.2) is 4.98 Å². The molecule has 0 amide bonds. The lowest BCUT2D eigenvalue weighted by atomic mass is 9.87. The van der Waals surface area contributed by atoms with Crippen molar-refractivity contribution in [2.75, 3.05) is 11.5 Å². The van der Waals surface area contributed by atoms with Crippen LogP contribution in [0.5, 0.6) is 0 Å². The van der Waals surface area contributed by atoms with Crippen LogP contribution in [0.15, 0.2) is 88.1 Å². The largest absolute Gasteiger partial charge is 0.384 e. The van der Waals surface area contributed by atoms with Crippen LogP contribution >= 0.6 is 12.4 Å². The lowest BCUT2D eigenvalue weighted by Gasteiger charge is -2.18. The minimum absolute atomic E-state index is 0. The van der Waals surface area contributed by atoms with E-state index in [1.54, 1.807) is 12.1 Å². The summed E-state index contributed by atoms with van der Waals surface area (Å²) in [5, 5.41) is 8.03. The predicted molar refractivity (Wildman–Crippen MR) is 140 cm³/mol. The van der Waals surface area contributed by atoms with E-state index < -0.39 is 0 Å². The first-order valence-electron chi connectivity index (χ1n) is 10.7. The summed E-state index contributed by atoms with van der Waals surface area (Å²) in [6.07, 6.45) is 14.1. The van der Waals surface area contributed by atoms with Crippen molar-refractivity contribution in [2.45, 2.75) is 53.4 Å². The second-order valence-electron chi connectivity index (χ2n) is 8.61. The Morgan fingerprint density at radius 1 is 0.906 bits per heavy atom. The van der Waals surface area contributed by atoms with Gasteiger partial charge in [0.1, 0.15) is 11.5 Å². The number of benzene rings is 1. The standard InChI is InChI=1S/C15H24.C11H11N5.ClH/c1-13-7-5-8-14(2)10-12-15(3,4)11-6-9-13;12-10-7-6-9(11(13)14-10)16-15-8-4-2-1-3-5-8;/h6-7,10-11H,5,8-9,12H2,1-4H3;1-7H,(H4,12,13,14);1H. The van der Waals surface area contributed by atoms with E-state index in [0.29, 0.717) is 16.9 Å². The van der Waals surface area contributed by atoms with Crippen molar-refractivity contribution in [3.8, 4) is 0 Å². The molecule has 4 N–H and O–H groups in total. The first-order valence-corrected chi connectivity index (χ1v) is 10.7. The van der Waals surface area contributed by atoms with Crippen LogP contribution in [0.2, 0.25) is 0 Å². The Hall–Kier alpha value is -2.92. The van der Waals surface area contributed by atoms with Crippen LogP contribution in [0.4, 0.5) is 23.0 Å². The Bertz CT molecular complexity index is 959. The highest BCUT2D eigenvalue weighted by molar-refractivity contribution is 5.85. The van der Waals surface area contributed by atoms with E-state index in [-0.39, 0.29) is 18.2 Å². The molecule has 0 aliphatic heterocycles. The van der Waals surface area contributed by atoms with Crippen LogP contribution < -0.4 is 11.5 Å². The Morgan fingerprint density at radius 2 is 1.62 bits per heavy atom. The number of pyridine rings is 1. The van der Waals surface area contributed by atoms with E-state index in [0.717, 1.165) is 18.5 Å². The summed E-state index contributed by atoms with van der Waals surface area (Å²) < 4.78 is 0. The zero-order valence-electron chi connectivity index (χ0n) is 19.6. The van der Waals surface area contributed by atoms with Gasteiger partial charge >= 0.3 is 0 Å². The third-order valence-electron chi connectivity index (χ3n) is 4.97. The van der Waals surface area contributed by atoms with E-state index in [4.69, 9.17) is 11.5 Å². The van der Waals surface area contributed by atoms with Gasteiger partial charge in [0.2, 0.25) is 0 Å². The fourth-order valence-corrected chi connectivity index (χ4v) is 2.97. The molecular formula is C26H36ClN5. The Morgan fingerprint density at radius 3 is 2.31 bits per heavy atom. The van der Waals surface area contributed by atoms with Crippen molar-refractivity contribution in [1.29, 1.82) is 0 Å². The van der Waals surface area contributed by atoms with Crippen molar-refractivity contribution in [2.24, 2.45) is 15.6 Å². The molecule has 0 saturated heterocycles. The van der Waals surface area contributed by atoms with Gasteiger partial charge in [-0.3, -0.25) is 0 Å². The molecule has 6 heteroatoms. The van der Waals surface area contributed by atoms with Crippen LogP contribution in [0, 0.1) is 5.41 Å². The molecule has 1 aliphatic carbocycles. The molecule has 3 rings (SSSR count). The van der Waals surface area contributed by atoms with Crippen molar-refractivity contribution in [3.05, 3.63) is 77.9 Å². The van der Waals surface area contributed by atoms with Gasteiger partial charge in [-0.2, -0.15) is 5.11 Å². The van der Waals surface area contributed by atoms with Gasteiger partial charge in [0.15, 0.2) is 5.82 Å². The highest BCUT2D eigenvalue weighted by Crippen LogP contribution is 2.26. The molecule has 0 radical (unpaired) electrons. The Kier molecular flexibility index (Phi) is 11.4. The van der Waals surface area contributed by atoms with Gasteiger partial charge in [0.05, 0.1) is 5.69 Å². The highest BCUT2D eigenvalue weighted by atomic mass is 35.5. The quantitative estimate of drug-likeness (QED) is 0.355. The average molecular weight is 454 g/mol. The summed E-state index contributed by atoms with van der Waals surface area (Å²) in [6.45, 7) is 9.10. The van der Waals surface area contributed by atoms with Gasteiger partial charge in [-0.15, -0.1) is 17.5 Å². The number of rotatable bonds is 2. The predicted octanol–water partition coefficient (Wildman–Crippen LogP) is 8.12. The maximum atomic E-state index is 5.64. The number of nitrogens with two attached hydrogens (primary N) is 2. The lowest BCUT2D eigenvalue weighted by Crippen LogP contribution is -2.05. The van der Waals surface area contributed by atoms with Crippen LogP contribution in [0.3, 0.4) is 0 Å². The molecule has 1 heterocycles. The van der Waals surface area contributed by atoms with Gasteiger partial charge in [-0.1, -0.05) is 67.5 Å². The summed E-state index contributed by atoms with van der Waals surface area (Å²) in [6, 6.07) is 12.7. The maximum absolute atomic E-state index is 5.64. The van der Waals surface area contributed by atoms with Crippen LogP contribution in [0.25, 0.3) is 0 Å². The smallest absolute Gasteiger partial charge is 0.153 e. The molecule has 1 aromatic heterocycles. The third kappa shape index (κ3) is 10.4. The van der Waals surface area contributed by atoms with E-state index in [1.807, 2.05) is 30.3 Å². The fourth-order valence-electron chi connectivity index (χ4n) is 2.97. The first kappa shape index (κ1) is 27.1. The summed E-state index contributed by atoms with van der Waals surface area (Å²) in [5.41, 5.74) is 15.7. The molecule has 1 aromatic carbocycles. The molecule has 0 spiro atoms. The molecule has 32 heavy (non-hydrogen) atoms. The van der Waals surface area contributed by atoms with Gasteiger partial charge in [0, 0.05) is 0 Å². The first-order chi connectivity index (χ1) is 14.7. The summed E-state index contributed by atoms with van der Waals surface area (Å²) in [7, 11) is 0. The van der Waals surface area contributed by atoms with E-state index in [2.05, 4.69) is 67.2 Å². The number of nitrogen functional groups attached to an aromatic ring is 2. The number of hydrogen-bond acceptors (Lipinski definition) is 5. The molecule has 0 bridgehead atoms. The number of allylic oxidation sites excluding steroid dienone is 6. The molecule has 0 fully saturated rings. The molecule has 0 saturated carbocycles. The highest BCUT2D eigenvalue weighted by Gasteiger charge is 2.11. The van der Waals surface area contributed by atoms with Crippen LogP contribution in [-0.2, 0) is 0 Å². The topological polar surface area (TPSA) is 89.6 Å². The number of nitrogens with zero attached hydrogens (tertiary/aromatic N) is 3. The third-order valence-corrected chi connectivity index (χ3v) is 4.97. The second kappa shape index (κ2) is 13.5. The van der Waals surface area contributed by atoms with Crippen molar-refractivity contribution < 1.29 is 0 Å². The van der Waals surface area contributed by atoms with E-state index in [9.17, 15) is 0 Å². The van der Waals surface area contributed by atoms with Crippen molar-refractivity contribution >= 4 is 35.4 Å². The van der Waals surface area contributed by atoms with Crippen LogP contribution in [-0.4, -0.2) is 4.98 Å². The number of azo groups is 1. The normalized spacial score (nSPS) is 16.0. The summed E-state index contributed by atoms with van der Waals surface area (Å²) in [5.74, 6) is 0.649. The van der Waals surface area contributed by atoms with Gasteiger partial charge in [0.25, 0.3) is 0 Å². The zero-order chi connectivity index (χ0) is 22.7. The van der Waals surface area contributed by atoms with Crippen LogP contribution in [0.1, 0.15) is 53.4 Å². The maximum Gasteiger partial charge on any atom is 0.153 e. The summed E-state index contributed by atoms with van der Waals surface area (Å²) >= 11 is 0. The Labute approximate surface area is 198 Å². The van der Waals surface area contributed by atoms with Gasteiger partial charge in [-0.05, 0) is 69.2 Å². The summed E-state index contributed by atoms with van der Waals surface area (Å²) in [4.78, 5) is 3.89. The van der Waals surface area contributed by atoms with Crippen molar-refractivity contribution in [1.82, 2.24) is 4.98 Å². The minimum Gasteiger partial charge on any atom is -0.384 e. The lowest BCUT2D eigenvalue weighted by molar-refractivity contribution is 0.486. The molecule has 1 aliphatic rings. The fraction of sp³-hybridized carbons (Fsp3) is 0.346. The Balaban J connectivity index is 0.000000311. The monoisotopic (exact) mass is 453 g/mol. The van der Waals surface area contributed by atoms with E-state index in [1.165, 1.54) is 24.0 Å². The molecule has 5 nitrogen and oxygen atoms in total. The van der Waals surface area contributed by atoms with Crippen molar-refractivity contribution in [3.63, 3.8) is 0 Å². The number of hydrogen-bond donors (Lipinski definition) is 2.